The van der Waals surface area contributed by atoms with Gasteiger partial charge < -0.3 is 5.32 Å². The van der Waals surface area contributed by atoms with E-state index >= 15 is 0 Å². The van der Waals surface area contributed by atoms with E-state index in [2.05, 4.69) is 10.3 Å². The molecule has 4 heteroatoms. The Morgan fingerprint density at radius 1 is 1.60 bits per heavy atom. The number of carbonyl (C=O) groups is 1. The van der Waals surface area contributed by atoms with E-state index < -0.39 is 5.41 Å². The lowest BCUT2D eigenvalue weighted by atomic mass is 9.95. The van der Waals surface area contributed by atoms with Crippen molar-refractivity contribution in [1.29, 1.82) is 0 Å². The summed E-state index contributed by atoms with van der Waals surface area (Å²) >= 11 is 5.71. The number of carbonyl (C=O) groups excluding carboxylic acids is 1. The third-order valence-corrected chi connectivity index (χ3v) is 2.77. The maximum absolute atomic E-state index is 11.8. The Kier molecular flexibility index (Phi) is 3.69. The Balaban J connectivity index is 2.75. The first-order valence-electron chi connectivity index (χ1n) is 4.76. The molecular weight excluding hydrogens is 212 g/mol. The first kappa shape index (κ1) is 12.0. The number of nitrogens with zero attached hydrogens (tertiary/aromatic N) is 1. The van der Waals surface area contributed by atoms with Crippen molar-refractivity contribution in [2.24, 2.45) is 5.41 Å². The Morgan fingerprint density at radius 2 is 2.27 bits per heavy atom. The smallest absolute Gasteiger partial charge is 0.231 e. The number of hydrogen-bond acceptors (Lipinski definition) is 2. The molecule has 0 aliphatic rings. The van der Waals surface area contributed by atoms with Crippen molar-refractivity contribution in [3.8, 4) is 0 Å². The van der Waals surface area contributed by atoms with E-state index in [1.54, 1.807) is 12.3 Å². The highest BCUT2D eigenvalue weighted by molar-refractivity contribution is 6.20. The van der Waals surface area contributed by atoms with Crippen LogP contribution in [0.3, 0.4) is 0 Å². The first-order chi connectivity index (χ1) is 6.95. The molecule has 0 bridgehead atoms. The molecule has 3 nitrogen and oxygen atoms in total. The molecule has 0 aromatic carbocycles. The fourth-order valence-corrected chi connectivity index (χ4v) is 1.11. The normalized spacial score (nSPS) is 11.2. The minimum Gasteiger partial charge on any atom is -0.325 e. The molecule has 0 saturated carbocycles. The summed E-state index contributed by atoms with van der Waals surface area (Å²) in [6.45, 7) is 5.50. The molecule has 1 N–H and O–H groups in total. The lowest BCUT2D eigenvalue weighted by molar-refractivity contribution is -0.122. The fraction of sp³-hybridized carbons (Fsp3) is 0.455. The van der Waals surface area contributed by atoms with Crippen LogP contribution in [0.15, 0.2) is 18.3 Å². The molecule has 0 unspecified atom stereocenters. The van der Waals surface area contributed by atoms with Gasteiger partial charge in [-0.05, 0) is 32.9 Å². The number of aromatic nitrogens is 1. The number of hydrogen-bond donors (Lipinski definition) is 1. The molecule has 1 heterocycles. The van der Waals surface area contributed by atoms with Gasteiger partial charge >= 0.3 is 0 Å². The van der Waals surface area contributed by atoms with Crippen molar-refractivity contribution in [2.45, 2.75) is 20.8 Å². The van der Waals surface area contributed by atoms with Crippen LogP contribution in [0, 0.1) is 12.3 Å². The quantitative estimate of drug-likeness (QED) is 0.805. The van der Waals surface area contributed by atoms with E-state index in [4.69, 9.17) is 11.6 Å². The van der Waals surface area contributed by atoms with Crippen molar-refractivity contribution in [2.75, 3.05) is 11.2 Å². The Labute approximate surface area is 94.9 Å². The van der Waals surface area contributed by atoms with Crippen LogP contribution in [0.25, 0.3) is 0 Å². The van der Waals surface area contributed by atoms with Gasteiger partial charge in [0, 0.05) is 23.5 Å². The summed E-state index contributed by atoms with van der Waals surface area (Å²) in [5, 5.41) is 2.81. The van der Waals surface area contributed by atoms with E-state index in [0.29, 0.717) is 5.88 Å². The van der Waals surface area contributed by atoms with Gasteiger partial charge in [0.05, 0.1) is 5.41 Å². The standard InChI is InChI=1S/C11H15ClN2O/c1-8-6-9(4-5-13-8)14-10(15)11(2,3)7-12/h4-6H,7H2,1-3H3,(H,13,14,15). The van der Waals surface area contributed by atoms with Crippen molar-refractivity contribution in [3.05, 3.63) is 24.0 Å². The second-order valence-electron chi connectivity index (χ2n) is 4.16. The number of rotatable bonds is 3. The zero-order valence-corrected chi connectivity index (χ0v) is 9.93. The minimum atomic E-state index is -0.557. The number of halogens is 1. The molecule has 0 radical (unpaired) electrons. The molecular formula is C11H15ClN2O. The lowest BCUT2D eigenvalue weighted by Crippen LogP contribution is -2.32. The molecule has 0 saturated heterocycles. The van der Waals surface area contributed by atoms with Crippen LogP contribution in [-0.2, 0) is 4.79 Å². The van der Waals surface area contributed by atoms with Crippen LogP contribution in [0.2, 0.25) is 0 Å². The second-order valence-corrected chi connectivity index (χ2v) is 4.42. The van der Waals surface area contributed by atoms with Gasteiger partial charge in [0.25, 0.3) is 0 Å². The molecule has 1 rings (SSSR count). The van der Waals surface area contributed by atoms with Crippen LogP contribution in [0.1, 0.15) is 19.5 Å². The Morgan fingerprint density at radius 3 is 2.80 bits per heavy atom. The maximum Gasteiger partial charge on any atom is 0.231 e. The van der Waals surface area contributed by atoms with E-state index in [1.165, 1.54) is 0 Å². The topological polar surface area (TPSA) is 42.0 Å². The summed E-state index contributed by atoms with van der Waals surface area (Å²) in [5.74, 6) is 0.214. The summed E-state index contributed by atoms with van der Waals surface area (Å²) in [5.41, 5.74) is 1.07. The van der Waals surface area contributed by atoms with Gasteiger partial charge in [-0.25, -0.2) is 0 Å². The lowest BCUT2D eigenvalue weighted by Gasteiger charge is -2.20. The summed E-state index contributed by atoms with van der Waals surface area (Å²) in [4.78, 5) is 15.8. The van der Waals surface area contributed by atoms with Crippen LogP contribution in [0.5, 0.6) is 0 Å². The molecule has 0 fully saturated rings. The summed E-state index contributed by atoms with van der Waals surface area (Å²) in [6.07, 6.45) is 1.67. The molecule has 1 aromatic rings. The molecule has 0 aliphatic carbocycles. The largest absolute Gasteiger partial charge is 0.325 e. The average Bonchev–Trinajstić information content (AvgIpc) is 2.17. The van der Waals surface area contributed by atoms with Crippen LogP contribution >= 0.6 is 11.6 Å². The third kappa shape index (κ3) is 3.20. The molecule has 0 atom stereocenters. The van der Waals surface area contributed by atoms with Crippen molar-refractivity contribution < 1.29 is 4.79 Å². The van der Waals surface area contributed by atoms with Gasteiger partial charge in [-0.15, -0.1) is 11.6 Å². The molecule has 82 valence electrons. The average molecular weight is 227 g/mol. The van der Waals surface area contributed by atoms with E-state index in [1.807, 2.05) is 26.8 Å². The van der Waals surface area contributed by atoms with Gasteiger partial charge in [0.2, 0.25) is 5.91 Å². The zero-order chi connectivity index (χ0) is 11.5. The van der Waals surface area contributed by atoms with Crippen molar-refractivity contribution >= 4 is 23.2 Å². The Hall–Kier alpha value is -1.09. The van der Waals surface area contributed by atoms with E-state index in [0.717, 1.165) is 11.4 Å². The summed E-state index contributed by atoms with van der Waals surface area (Å²) in [6, 6.07) is 3.58. The molecule has 1 amide bonds. The highest BCUT2D eigenvalue weighted by Gasteiger charge is 2.26. The SMILES string of the molecule is Cc1cc(NC(=O)C(C)(C)CCl)ccn1. The van der Waals surface area contributed by atoms with Gasteiger partial charge in [0.1, 0.15) is 0 Å². The van der Waals surface area contributed by atoms with Gasteiger partial charge in [-0.1, -0.05) is 0 Å². The first-order valence-corrected chi connectivity index (χ1v) is 5.29. The Bertz CT molecular complexity index is 363. The fourth-order valence-electron chi connectivity index (χ4n) is 0.984. The summed E-state index contributed by atoms with van der Waals surface area (Å²) < 4.78 is 0. The maximum atomic E-state index is 11.8. The number of nitrogens with one attached hydrogen (secondary N) is 1. The predicted molar refractivity (Wildman–Crippen MR) is 62.1 cm³/mol. The number of amides is 1. The van der Waals surface area contributed by atoms with Gasteiger partial charge in [-0.2, -0.15) is 0 Å². The van der Waals surface area contributed by atoms with Crippen molar-refractivity contribution in [1.82, 2.24) is 4.98 Å². The van der Waals surface area contributed by atoms with Gasteiger partial charge in [0.15, 0.2) is 0 Å². The minimum absolute atomic E-state index is 0.0805. The summed E-state index contributed by atoms with van der Waals surface area (Å²) in [7, 11) is 0. The zero-order valence-electron chi connectivity index (χ0n) is 9.17. The monoisotopic (exact) mass is 226 g/mol. The van der Waals surface area contributed by atoms with Crippen LogP contribution < -0.4 is 5.32 Å². The van der Waals surface area contributed by atoms with E-state index in [9.17, 15) is 4.79 Å². The number of aryl methyl sites for hydroxylation is 1. The number of anilines is 1. The highest BCUT2D eigenvalue weighted by Crippen LogP contribution is 2.20. The second kappa shape index (κ2) is 4.62. The molecule has 0 spiro atoms. The molecule has 1 aromatic heterocycles. The van der Waals surface area contributed by atoms with E-state index in [-0.39, 0.29) is 5.91 Å². The molecule has 0 aliphatic heterocycles. The number of alkyl halides is 1. The third-order valence-electron chi connectivity index (χ3n) is 2.10. The predicted octanol–water partition coefficient (Wildman–Crippen LogP) is 2.59. The molecule has 15 heavy (non-hydrogen) atoms. The highest BCUT2D eigenvalue weighted by atomic mass is 35.5. The van der Waals surface area contributed by atoms with Crippen LogP contribution in [0.4, 0.5) is 5.69 Å². The van der Waals surface area contributed by atoms with Gasteiger partial charge in [-0.3, -0.25) is 9.78 Å². The van der Waals surface area contributed by atoms with Crippen molar-refractivity contribution in [3.63, 3.8) is 0 Å². The van der Waals surface area contributed by atoms with Crippen LogP contribution in [-0.4, -0.2) is 16.8 Å². The number of pyridine rings is 1.